The fourth-order valence-electron chi connectivity index (χ4n) is 2.41. The third-order valence-corrected chi connectivity index (χ3v) is 4.79. The van der Waals surface area contributed by atoms with Crippen LogP contribution in [0, 0.1) is 26.1 Å². The van der Waals surface area contributed by atoms with Crippen LogP contribution >= 0.6 is 11.8 Å². The number of benzene rings is 1. The molecule has 0 amide bonds. The van der Waals surface area contributed by atoms with Gasteiger partial charge in [-0.25, -0.2) is 0 Å². The summed E-state index contributed by atoms with van der Waals surface area (Å²) in [6.07, 6.45) is 0.562. The molecule has 0 saturated carbocycles. The summed E-state index contributed by atoms with van der Waals surface area (Å²) in [4.78, 5) is 20.6. The summed E-state index contributed by atoms with van der Waals surface area (Å²) in [5, 5.41) is 25.0. The van der Waals surface area contributed by atoms with Crippen molar-refractivity contribution >= 4 is 23.1 Å². The van der Waals surface area contributed by atoms with Gasteiger partial charge in [-0.3, -0.25) is 20.2 Å². The molecule has 0 aliphatic carbocycles. The van der Waals surface area contributed by atoms with E-state index in [1.165, 1.54) is 12.1 Å². The van der Waals surface area contributed by atoms with Gasteiger partial charge in [0.1, 0.15) is 0 Å². The largest absolute Gasteiger partial charge is 0.316 e. The molecule has 0 bridgehead atoms. The molecule has 1 aromatic rings. The molecule has 1 aliphatic rings. The molecule has 108 valence electrons. The second kappa shape index (κ2) is 6.19. The number of hydrogen-bond donors (Lipinski definition) is 1. The van der Waals surface area contributed by atoms with Gasteiger partial charge < -0.3 is 5.32 Å². The number of nitro groups is 2. The van der Waals surface area contributed by atoms with E-state index in [1.807, 2.05) is 18.8 Å². The summed E-state index contributed by atoms with van der Waals surface area (Å²) in [6, 6.07) is 4.21. The van der Waals surface area contributed by atoms with Crippen molar-refractivity contribution in [2.45, 2.75) is 12.5 Å². The minimum absolute atomic E-state index is 0.161. The van der Waals surface area contributed by atoms with Gasteiger partial charge in [-0.15, -0.1) is 0 Å². The third-order valence-electron chi connectivity index (χ3n) is 3.53. The smallest absolute Gasteiger partial charge is 0.279 e. The van der Waals surface area contributed by atoms with E-state index in [2.05, 4.69) is 5.32 Å². The zero-order valence-electron chi connectivity index (χ0n) is 10.9. The number of nitro benzene ring substituents is 2. The van der Waals surface area contributed by atoms with Gasteiger partial charge in [0.05, 0.1) is 15.9 Å². The number of thioether (sulfide) groups is 1. The zero-order valence-corrected chi connectivity index (χ0v) is 11.8. The molecule has 0 radical (unpaired) electrons. The Balaban J connectivity index is 2.27. The molecule has 20 heavy (non-hydrogen) atoms. The summed E-state index contributed by atoms with van der Waals surface area (Å²) in [5.41, 5.74) is 0.158. The highest BCUT2D eigenvalue weighted by Gasteiger charge is 2.29. The Morgan fingerprint density at radius 1 is 1.30 bits per heavy atom. The highest BCUT2D eigenvalue weighted by atomic mass is 32.2. The lowest BCUT2D eigenvalue weighted by Crippen LogP contribution is -2.33. The fraction of sp³-hybridized carbons (Fsp3) is 0.500. The topological polar surface area (TPSA) is 98.3 Å². The van der Waals surface area contributed by atoms with Crippen molar-refractivity contribution in [3.05, 3.63) is 44.0 Å². The molecule has 2 unspecified atom stereocenters. The second-order valence-electron chi connectivity index (χ2n) is 4.72. The normalized spacial score (nSPS) is 21.9. The zero-order chi connectivity index (χ0) is 14.7. The predicted octanol–water partition coefficient (Wildman–Crippen LogP) is 2.00. The van der Waals surface area contributed by atoms with Gasteiger partial charge in [0.15, 0.2) is 0 Å². The first kappa shape index (κ1) is 14.7. The fourth-order valence-corrected chi connectivity index (χ4v) is 3.89. The maximum absolute atomic E-state index is 11.1. The average Bonchev–Trinajstić information content (AvgIpc) is 2.85. The Bertz CT molecular complexity index is 537. The first-order valence-corrected chi connectivity index (χ1v) is 7.35. The second-order valence-corrected chi connectivity index (χ2v) is 5.80. The Labute approximate surface area is 120 Å². The monoisotopic (exact) mass is 297 g/mol. The van der Waals surface area contributed by atoms with Crippen LogP contribution in [0.25, 0.3) is 0 Å². The number of nitrogens with one attached hydrogen (secondary N) is 1. The van der Waals surface area contributed by atoms with Crippen LogP contribution in [0.3, 0.4) is 0 Å². The van der Waals surface area contributed by atoms with Gasteiger partial charge >= 0.3 is 0 Å². The molecule has 7 nitrogen and oxygen atoms in total. The van der Waals surface area contributed by atoms with Crippen molar-refractivity contribution < 1.29 is 9.85 Å². The molecule has 1 saturated heterocycles. The summed E-state index contributed by atoms with van der Waals surface area (Å²) in [5.74, 6) is 2.24. The average molecular weight is 297 g/mol. The van der Waals surface area contributed by atoms with Crippen molar-refractivity contribution in [2.75, 3.05) is 18.6 Å². The lowest BCUT2D eigenvalue weighted by Gasteiger charge is -2.17. The van der Waals surface area contributed by atoms with E-state index in [0.29, 0.717) is 23.9 Å². The van der Waals surface area contributed by atoms with E-state index in [9.17, 15) is 20.2 Å². The van der Waals surface area contributed by atoms with Gasteiger partial charge in [0, 0.05) is 23.4 Å². The van der Waals surface area contributed by atoms with Crippen molar-refractivity contribution in [1.82, 2.24) is 5.32 Å². The molecule has 1 fully saturated rings. The Hall–Kier alpha value is -1.67. The minimum Gasteiger partial charge on any atom is -0.316 e. The van der Waals surface area contributed by atoms with Crippen LogP contribution in [-0.4, -0.2) is 34.4 Å². The quantitative estimate of drug-likeness (QED) is 0.659. The molecule has 8 heteroatoms. The number of non-ortho nitro benzene ring substituents is 1. The van der Waals surface area contributed by atoms with E-state index in [0.717, 1.165) is 17.6 Å². The Morgan fingerprint density at radius 3 is 2.65 bits per heavy atom. The molecule has 0 spiro atoms. The van der Waals surface area contributed by atoms with Gasteiger partial charge in [-0.1, -0.05) is 0 Å². The van der Waals surface area contributed by atoms with Crippen LogP contribution in [-0.2, 0) is 6.42 Å². The SMILES string of the molecule is CNC1CSCC1Cc1ccc([N+](=O)[O-])cc1[N+](=O)[O-]. The summed E-state index contributed by atoms with van der Waals surface area (Å²) >= 11 is 1.82. The highest BCUT2D eigenvalue weighted by Crippen LogP contribution is 2.32. The summed E-state index contributed by atoms with van der Waals surface area (Å²) in [6.45, 7) is 0. The Kier molecular flexibility index (Phi) is 4.56. The van der Waals surface area contributed by atoms with Crippen molar-refractivity contribution in [3.63, 3.8) is 0 Å². The van der Waals surface area contributed by atoms with Gasteiger partial charge in [-0.2, -0.15) is 11.8 Å². The van der Waals surface area contributed by atoms with Crippen molar-refractivity contribution in [2.24, 2.45) is 5.92 Å². The standard InChI is InChI=1S/C12H15N3O4S/c1-13-11-7-20-6-9(11)4-8-2-3-10(14(16)17)5-12(8)15(18)19/h2-3,5,9,11,13H,4,6-7H2,1H3. The maximum Gasteiger partial charge on any atom is 0.279 e. The number of rotatable bonds is 5. The van der Waals surface area contributed by atoms with Crippen molar-refractivity contribution in [1.29, 1.82) is 0 Å². The molecular formula is C12H15N3O4S. The van der Waals surface area contributed by atoms with Gasteiger partial charge in [0.2, 0.25) is 0 Å². The number of nitrogens with zero attached hydrogens (tertiary/aromatic N) is 2. The molecule has 1 heterocycles. The number of hydrogen-bond acceptors (Lipinski definition) is 6. The van der Waals surface area contributed by atoms with Crippen molar-refractivity contribution in [3.8, 4) is 0 Å². The van der Waals surface area contributed by atoms with Crippen LogP contribution in [0.2, 0.25) is 0 Å². The minimum atomic E-state index is -0.612. The van der Waals surface area contributed by atoms with E-state index >= 15 is 0 Å². The van der Waals surface area contributed by atoms with Crippen LogP contribution in [0.1, 0.15) is 5.56 Å². The lowest BCUT2D eigenvalue weighted by atomic mass is 9.94. The van der Waals surface area contributed by atoms with E-state index < -0.39 is 9.85 Å². The van der Waals surface area contributed by atoms with Gasteiger partial charge in [0.25, 0.3) is 11.4 Å². The van der Waals surface area contributed by atoms with Gasteiger partial charge in [-0.05, 0) is 31.2 Å². The molecule has 2 atom stereocenters. The summed E-state index contributed by atoms with van der Waals surface area (Å²) < 4.78 is 0. The summed E-state index contributed by atoms with van der Waals surface area (Å²) in [7, 11) is 1.88. The van der Waals surface area contributed by atoms with Crippen LogP contribution in [0.4, 0.5) is 11.4 Å². The first-order valence-electron chi connectivity index (χ1n) is 6.19. The predicted molar refractivity (Wildman–Crippen MR) is 77.1 cm³/mol. The third kappa shape index (κ3) is 3.07. The molecule has 1 aromatic carbocycles. The molecule has 2 rings (SSSR count). The van der Waals surface area contributed by atoms with Crippen LogP contribution in [0.15, 0.2) is 18.2 Å². The van der Waals surface area contributed by atoms with Crippen LogP contribution < -0.4 is 5.32 Å². The maximum atomic E-state index is 11.1. The van der Waals surface area contributed by atoms with Crippen LogP contribution in [0.5, 0.6) is 0 Å². The molecule has 1 N–H and O–H groups in total. The molecular weight excluding hydrogens is 282 g/mol. The van der Waals surface area contributed by atoms with E-state index in [4.69, 9.17) is 0 Å². The Morgan fingerprint density at radius 2 is 2.05 bits per heavy atom. The van der Waals surface area contributed by atoms with E-state index in [-0.39, 0.29) is 11.4 Å². The molecule has 1 aliphatic heterocycles. The lowest BCUT2D eigenvalue weighted by molar-refractivity contribution is -0.394. The first-order chi connectivity index (χ1) is 9.52. The highest BCUT2D eigenvalue weighted by molar-refractivity contribution is 7.99. The van der Waals surface area contributed by atoms with E-state index in [1.54, 1.807) is 0 Å². The molecule has 0 aromatic heterocycles.